The second kappa shape index (κ2) is 6.25. The number of H-pyrrole nitrogens is 1. The van der Waals surface area contributed by atoms with Crippen LogP contribution in [-0.4, -0.2) is 19.9 Å². The van der Waals surface area contributed by atoms with Crippen molar-refractivity contribution in [3.8, 4) is 11.4 Å². The van der Waals surface area contributed by atoms with E-state index in [2.05, 4.69) is 20.6 Å². The van der Waals surface area contributed by atoms with E-state index in [9.17, 15) is 4.39 Å². The van der Waals surface area contributed by atoms with Gasteiger partial charge in [-0.25, -0.2) is 14.2 Å². The van der Waals surface area contributed by atoms with Gasteiger partial charge in [0.05, 0.1) is 6.54 Å². The Morgan fingerprint density at radius 3 is 2.77 bits per heavy atom. The monoisotopic (exact) mass is 335 g/mol. The van der Waals surface area contributed by atoms with E-state index in [1.54, 1.807) is 41.3 Å². The fourth-order valence-corrected chi connectivity index (χ4v) is 2.42. The summed E-state index contributed by atoms with van der Waals surface area (Å²) in [5, 5.41) is 7.23. The lowest BCUT2D eigenvalue weighted by atomic mass is 10.2. The fraction of sp³-hybridized carbons (Fsp3) is 0.0714. The van der Waals surface area contributed by atoms with Crippen LogP contribution in [0.1, 0.15) is 5.56 Å². The van der Waals surface area contributed by atoms with Crippen molar-refractivity contribution < 1.29 is 4.39 Å². The number of aromatic amines is 1. The van der Waals surface area contributed by atoms with Gasteiger partial charge >= 0.3 is 0 Å². The van der Waals surface area contributed by atoms with Gasteiger partial charge < -0.3 is 5.43 Å². The highest BCUT2D eigenvalue weighted by atomic mass is 35.5. The summed E-state index contributed by atoms with van der Waals surface area (Å²) in [7, 11) is 0. The molecule has 2 N–H and O–H groups in total. The number of hydrogen-bond donors (Lipinski definition) is 2. The van der Waals surface area contributed by atoms with Gasteiger partial charge in [0.2, 0.25) is 4.77 Å². The van der Waals surface area contributed by atoms with E-state index in [4.69, 9.17) is 23.8 Å². The summed E-state index contributed by atoms with van der Waals surface area (Å²) in [5.74, 6) is 0.209. The minimum absolute atomic E-state index is 0.178. The molecule has 22 heavy (non-hydrogen) atoms. The van der Waals surface area contributed by atoms with Crippen molar-refractivity contribution in [3.05, 3.63) is 63.9 Å². The fourth-order valence-electron chi connectivity index (χ4n) is 2.00. The molecule has 0 aliphatic heterocycles. The Balaban J connectivity index is 1.91. The summed E-state index contributed by atoms with van der Waals surface area (Å²) in [6.07, 6.45) is 3.32. The zero-order chi connectivity index (χ0) is 15.5. The number of halogens is 2. The average Bonchev–Trinajstić information content (AvgIpc) is 2.89. The maximum absolute atomic E-state index is 13.8. The number of nitrogens with zero attached hydrogens (tertiary/aromatic N) is 3. The van der Waals surface area contributed by atoms with Crippen LogP contribution < -0.4 is 5.43 Å². The second-order valence-corrected chi connectivity index (χ2v) is 5.25. The van der Waals surface area contributed by atoms with Crippen LogP contribution >= 0.6 is 23.8 Å². The van der Waals surface area contributed by atoms with Crippen molar-refractivity contribution in [2.75, 3.05) is 5.43 Å². The molecule has 0 radical (unpaired) electrons. The molecule has 1 aromatic carbocycles. The molecular formula is C14H11ClFN5S. The first-order chi connectivity index (χ1) is 10.7. The summed E-state index contributed by atoms with van der Waals surface area (Å²) >= 11 is 11.2. The third kappa shape index (κ3) is 2.86. The smallest absolute Gasteiger partial charge is 0.214 e. The Morgan fingerprint density at radius 1 is 1.27 bits per heavy atom. The van der Waals surface area contributed by atoms with Crippen molar-refractivity contribution in [2.45, 2.75) is 6.54 Å². The minimum atomic E-state index is -0.375. The lowest BCUT2D eigenvalue weighted by Crippen LogP contribution is -2.17. The van der Waals surface area contributed by atoms with Gasteiger partial charge in [0.25, 0.3) is 0 Å². The molecule has 3 rings (SSSR count). The zero-order valence-electron chi connectivity index (χ0n) is 11.3. The highest BCUT2D eigenvalue weighted by Crippen LogP contribution is 2.20. The molecule has 0 spiro atoms. The van der Waals surface area contributed by atoms with Crippen molar-refractivity contribution in [2.24, 2.45) is 0 Å². The zero-order valence-corrected chi connectivity index (χ0v) is 12.8. The molecule has 0 unspecified atom stereocenters. The van der Waals surface area contributed by atoms with Gasteiger partial charge in [-0.2, -0.15) is 5.10 Å². The third-order valence-electron chi connectivity index (χ3n) is 3.09. The molecule has 0 aliphatic rings. The Labute approximate surface area is 135 Å². The summed E-state index contributed by atoms with van der Waals surface area (Å²) in [6, 6.07) is 8.17. The molecule has 0 atom stereocenters. The van der Waals surface area contributed by atoms with Crippen molar-refractivity contribution >= 4 is 23.8 Å². The van der Waals surface area contributed by atoms with Crippen LogP contribution in [0.4, 0.5) is 4.39 Å². The molecule has 0 bridgehead atoms. The first-order valence-electron chi connectivity index (χ1n) is 6.41. The van der Waals surface area contributed by atoms with E-state index in [0.29, 0.717) is 21.2 Å². The predicted octanol–water partition coefficient (Wildman–Crippen LogP) is 3.54. The molecule has 3 aromatic rings. The molecule has 112 valence electrons. The summed E-state index contributed by atoms with van der Waals surface area (Å²) in [5.41, 5.74) is 4.23. The third-order valence-corrected chi connectivity index (χ3v) is 3.71. The normalized spacial score (nSPS) is 10.6. The van der Waals surface area contributed by atoms with Gasteiger partial charge in [-0.3, -0.25) is 4.98 Å². The maximum Gasteiger partial charge on any atom is 0.214 e. The summed E-state index contributed by atoms with van der Waals surface area (Å²) in [6.45, 7) is 0.178. The lowest BCUT2D eigenvalue weighted by molar-refractivity contribution is 0.608. The number of pyridine rings is 1. The van der Waals surface area contributed by atoms with Gasteiger partial charge in [-0.15, -0.1) is 0 Å². The highest BCUT2D eigenvalue weighted by Gasteiger charge is 2.11. The first-order valence-corrected chi connectivity index (χ1v) is 7.20. The molecule has 0 aliphatic carbocycles. The Morgan fingerprint density at radius 2 is 2.05 bits per heavy atom. The number of benzene rings is 1. The average molecular weight is 336 g/mol. The first kappa shape index (κ1) is 14.7. The molecule has 0 saturated carbocycles. The van der Waals surface area contributed by atoms with E-state index < -0.39 is 0 Å². The number of hydrogen-bond acceptors (Lipinski definition) is 4. The van der Waals surface area contributed by atoms with Gasteiger partial charge in [-0.05, 0) is 36.5 Å². The molecule has 2 heterocycles. The molecular weight excluding hydrogens is 325 g/mol. The number of aromatic nitrogens is 4. The molecule has 8 heteroatoms. The van der Waals surface area contributed by atoms with Crippen molar-refractivity contribution in [1.29, 1.82) is 0 Å². The standard InChI is InChI=1S/C14H11ClFN5S/c15-11-2-1-3-12(16)10(11)8-18-21-13(19-20-14(21)22)9-4-6-17-7-5-9/h1-7,18H,8H2,(H,20,22). The van der Waals surface area contributed by atoms with E-state index >= 15 is 0 Å². The molecule has 2 aromatic heterocycles. The predicted molar refractivity (Wildman–Crippen MR) is 85.1 cm³/mol. The number of nitrogens with one attached hydrogen (secondary N) is 2. The minimum Gasteiger partial charge on any atom is -0.317 e. The van der Waals surface area contributed by atoms with Crippen LogP contribution in [-0.2, 0) is 6.54 Å². The van der Waals surface area contributed by atoms with Gasteiger partial charge in [-0.1, -0.05) is 17.7 Å². The highest BCUT2D eigenvalue weighted by molar-refractivity contribution is 7.71. The van der Waals surface area contributed by atoms with E-state index in [-0.39, 0.29) is 12.4 Å². The van der Waals surface area contributed by atoms with Crippen LogP contribution in [0.15, 0.2) is 42.7 Å². The largest absolute Gasteiger partial charge is 0.317 e. The van der Waals surface area contributed by atoms with E-state index in [1.165, 1.54) is 6.07 Å². The SMILES string of the molecule is Fc1cccc(Cl)c1CNn1c(-c2ccncc2)n[nH]c1=S. The maximum atomic E-state index is 13.8. The van der Waals surface area contributed by atoms with Gasteiger partial charge in [0.1, 0.15) is 5.82 Å². The second-order valence-electron chi connectivity index (χ2n) is 4.46. The van der Waals surface area contributed by atoms with Crippen LogP contribution in [0, 0.1) is 10.6 Å². The van der Waals surface area contributed by atoms with Gasteiger partial charge in [0.15, 0.2) is 5.82 Å². The summed E-state index contributed by atoms with van der Waals surface area (Å²) in [4.78, 5) is 3.96. The van der Waals surface area contributed by atoms with Gasteiger partial charge in [0, 0.05) is 28.5 Å². The Hall–Kier alpha value is -2.25. The van der Waals surface area contributed by atoms with Crippen molar-refractivity contribution in [1.82, 2.24) is 19.9 Å². The topological polar surface area (TPSA) is 58.5 Å². The molecule has 5 nitrogen and oxygen atoms in total. The summed E-state index contributed by atoms with van der Waals surface area (Å²) < 4.78 is 15.8. The molecule has 0 saturated heterocycles. The van der Waals surface area contributed by atoms with Crippen LogP contribution in [0.3, 0.4) is 0 Å². The van der Waals surface area contributed by atoms with E-state index in [0.717, 1.165) is 5.56 Å². The van der Waals surface area contributed by atoms with Crippen LogP contribution in [0.2, 0.25) is 5.02 Å². The quantitative estimate of drug-likeness (QED) is 0.716. The van der Waals surface area contributed by atoms with Crippen LogP contribution in [0.5, 0.6) is 0 Å². The number of rotatable bonds is 4. The van der Waals surface area contributed by atoms with Crippen LogP contribution in [0.25, 0.3) is 11.4 Å². The van der Waals surface area contributed by atoms with Crippen molar-refractivity contribution in [3.63, 3.8) is 0 Å². The lowest BCUT2D eigenvalue weighted by Gasteiger charge is -2.11. The Kier molecular flexibility index (Phi) is 4.17. The molecule has 0 amide bonds. The molecule has 0 fully saturated rings. The Bertz CT molecular complexity index is 826. The van der Waals surface area contributed by atoms with E-state index in [1.807, 2.05) is 0 Å².